The molecular weight excluding hydrogens is 132 g/mol. The summed E-state index contributed by atoms with van der Waals surface area (Å²) in [4.78, 5) is 0. The Kier molecular flexibility index (Phi) is 6.11. The molecule has 0 saturated carbocycles. The lowest BCUT2D eigenvalue weighted by molar-refractivity contribution is 0.177. The van der Waals surface area contributed by atoms with E-state index >= 15 is 0 Å². The first-order valence-electron chi connectivity index (χ1n) is 3.21. The fourth-order valence-electron chi connectivity index (χ4n) is 0.492. The van der Waals surface area contributed by atoms with Gasteiger partial charge < -0.3 is 9.47 Å². The Bertz CT molecular complexity index is 95.7. The molecule has 0 aromatic carbocycles. The van der Waals surface area contributed by atoms with Crippen molar-refractivity contribution < 1.29 is 9.47 Å². The summed E-state index contributed by atoms with van der Waals surface area (Å²) in [5.74, 6) is 0.250. The standard InChI is InChI=1S/C6H14N2O2/c1-3-10-6(7)4-8-5-9-2/h7-8H,3-5H2,1-2H3. The van der Waals surface area contributed by atoms with Crippen LogP contribution < -0.4 is 5.32 Å². The second-order valence-electron chi connectivity index (χ2n) is 1.72. The molecule has 2 N–H and O–H groups in total. The molecule has 0 bridgehead atoms. The highest BCUT2D eigenvalue weighted by Crippen LogP contribution is 1.74. The Morgan fingerprint density at radius 1 is 1.60 bits per heavy atom. The molecule has 4 nitrogen and oxygen atoms in total. The highest BCUT2D eigenvalue weighted by atomic mass is 16.5. The minimum Gasteiger partial charge on any atom is -0.481 e. The summed E-state index contributed by atoms with van der Waals surface area (Å²) < 4.78 is 9.56. The molecule has 0 fully saturated rings. The van der Waals surface area contributed by atoms with Crippen LogP contribution in [0.3, 0.4) is 0 Å². The maximum atomic E-state index is 7.13. The van der Waals surface area contributed by atoms with Gasteiger partial charge in [0.1, 0.15) is 0 Å². The van der Waals surface area contributed by atoms with Crippen LogP contribution in [-0.2, 0) is 9.47 Å². The first-order valence-corrected chi connectivity index (χ1v) is 3.21. The maximum Gasteiger partial charge on any atom is 0.194 e. The highest BCUT2D eigenvalue weighted by Gasteiger charge is 1.92. The zero-order chi connectivity index (χ0) is 7.82. The van der Waals surface area contributed by atoms with Crippen LogP contribution in [0.4, 0.5) is 0 Å². The van der Waals surface area contributed by atoms with Gasteiger partial charge in [-0.1, -0.05) is 0 Å². The van der Waals surface area contributed by atoms with Crippen LogP contribution in [0.1, 0.15) is 6.92 Å². The van der Waals surface area contributed by atoms with Gasteiger partial charge in [-0.25, -0.2) is 0 Å². The molecular formula is C6H14N2O2. The lowest BCUT2D eigenvalue weighted by Crippen LogP contribution is -2.25. The van der Waals surface area contributed by atoms with Crippen molar-refractivity contribution in [3.05, 3.63) is 0 Å². The summed E-state index contributed by atoms with van der Waals surface area (Å²) in [5.41, 5.74) is 0. The van der Waals surface area contributed by atoms with Gasteiger partial charge in [0.2, 0.25) is 0 Å². The van der Waals surface area contributed by atoms with Crippen molar-refractivity contribution in [1.29, 1.82) is 5.41 Å². The van der Waals surface area contributed by atoms with E-state index in [1.807, 2.05) is 6.92 Å². The van der Waals surface area contributed by atoms with Gasteiger partial charge in [-0.2, -0.15) is 0 Å². The summed E-state index contributed by atoms with van der Waals surface area (Å²) in [7, 11) is 1.59. The first kappa shape index (κ1) is 9.39. The molecule has 10 heavy (non-hydrogen) atoms. The third kappa shape index (κ3) is 5.53. The minimum atomic E-state index is 0.250. The fraction of sp³-hybridized carbons (Fsp3) is 0.833. The lowest BCUT2D eigenvalue weighted by atomic mass is 10.6. The van der Waals surface area contributed by atoms with Crippen LogP contribution >= 0.6 is 0 Å². The van der Waals surface area contributed by atoms with Gasteiger partial charge in [0, 0.05) is 7.11 Å². The van der Waals surface area contributed by atoms with E-state index in [1.165, 1.54) is 0 Å². The van der Waals surface area contributed by atoms with E-state index < -0.39 is 0 Å². The number of rotatable bonds is 5. The molecule has 0 unspecified atom stereocenters. The van der Waals surface area contributed by atoms with E-state index in [2.05, 4.69) is 5.32 Å². The minimum absolute atomic E-state index is 0.250. The van der Waals surface area contributed by atoms with E-state index in [0.29, 0.717) is 19.9 Å². The van der Waals surface area contributed by atoms with Crippen molar-refractivity contribution in [2.75, 3.05) is 27.0 Å². The van der Waals surface area contributed by atoms with Crippen molar-refractivity contribution >= 4 is 5.90 Å². The Morgan fingerprint density at radius 2 is 2.30 bits per heavy atom. The number of nitrogens with one attached hydrogen (secondary N) is 2. The van der Waals surface area contributed by atoms with Gasteiger partial charge >= 0.3 is 0 Å². The van der Waals surface area contributed by atoms with Crippen LogP contribution in [-0.4, -0.2) is 32.9 Å². The molecule has 0 amide bonds. The molecule has 0 radical (unpaired) electrons. The summed E-state index contributed by atoms with van der Waals surface area (Å²) in [6.45, 7) is 3.29. The van der Waals surface area contributed by atoms with Crippen LogP contribution in [0.5, 0.6) is 0 Å². The zero-order valence-electron chi connectivity index (χ0n) is 6.44. The molecule has 0 aliphatic carbocycles. The molecule has 4 heteroatoms. The molecule has 0 heterocycles. The molecule has 0 aliphatic heterocycles. The van der Waals surface area contributed by atoms with E-state index in [1.54, 1.807) is 7.11 Å². The van der Waals surface area contributed by atoms with Crippen LogP contribution in [0.15, 0.2) is 0 Å². The predicted octanol–water partition coefficient (Wildman–Crippen LogP) is 0.194. The third-order valence-electron chi connectivity index (χ3n) is 0.851. The largest absolute Gasteiger partial charge is 0.481 e. The topological polar surface area (TPSA) is 54.3 Å². The predicted molar refractivity (Wildman–Crippen MR) is 39.2 cm³/mol. The van der Waals surface area contributed by atoms with Crippen molar-refractivity contribution in [2.45, 2.75) is 6.92 Å². The average Bonchev–Trinajstić information content (AvgIpc) is 1.89. The van der Waals surface area contributed by atoms with Gasteiger partial charge in [-0.15, -0.1) is 0 Å². The average molecular weight is 146 g/mol. The Hall–Kier alpha value is -0.610. The number of methoxy groups -OCH3 is 1. The van der Waals surface area contributed by atoms with E-state index in [4.69, 9.17) is 14.9 Å². The van der Waals surface area contributed by atoms with Crippen LogP contribution in [0.2, 0.25) is 0 Å². The Morgan fingerprint density at radius 3 is 2.80 bits per heavy atom. The van der Waals surface area contributed by atoms with Crippen LogP contribution in [0, 0.1) is 5.41 Å². The summed E-state index contributed by atoms with van der Waals surface area (Å²) in [6, 6.07) is 0. The second kappa shape index (κ2) is 6.51. The molecule has 60 valence electrons. The monoisotopic (exact) mass is 146 g/mol. The summed E-state index contributed by atoms with van der Waals surface area (Å²) >= 11 is 0. The Balaban J connectivity index is 3.05. The van der Waals surface area contributed by atoms with Gasteiger partial charge in [0.05, 0.1) is 19.9 Å². The third-order valence-corrected chi connectivity index (χ3v) is 0.851. The SMILES string of the molecule is CCOC(=N)CNCOC. The maximum absolute atomic E-state index is 7.13. The summed E-state index contributed by atoms with van der Waals surface area (Å²) in [5, 5.41) is 9.97. The number of hydrogen-bond donors (Lipinski definition) is 2. The molecule has 0 spiro atoms. The normalized spacial score (nSPS) is 9.40. The first-order chi connectivity index (χ1) is 4.81. The van der Waals surface area contributed by atoms with E-state index in [-0.39, 0.29) is 5.90 Å². The molecule has 0 rings (SSSR count). The fourth-order valence-corrected chi connectivity index (χ4v) is 0.492. The van der Waals surface area contributed by atoms with Crippen LogP contribution in [0.25, 0.3) is 0 Å². The molecule has 0 aromatic rings. The molecule has 0 aliphatic rings. The molecule has 0 saturated heterocycles. The van der Waals surface area contributed by atoms with E-state index in [0.717, 1.165) is 0 Å². The van der Waals surface area contributed by atoms with Crippen molar-refractivity contribution in [2.24, 2.45) is 0 Å². The summed E-state index contributed by atoms with van der Waals surface area (Å²) in [6.07, 6.45) is 0. The van der Waals surface area contributed by atoms with Crippen molar-refractivity contribution in [1.82, 2.24) is 5.32 Å². The highest BCUT2D eigenvalue weighted by molar-refractivity contribution is 5.74. The number of ether oxygens (including phenoxy) is 2. The second-order valence-corrected chi connectivity index (χ2v) is 1.72. The van der Waals surface area contributed by atoms with Gasteiger partial charge in [-0.05, 0) is 6.92 Å². The Labute approximate surface area is 61.0 Å². The molecule has 0 atom stereocenters. The zero-order valence-corrected chi connectivity index (χ0v) is 6.44. The van der Waals surface area contributed by atoms with Crippen molar-refractivity contribution in [3.63, 3.8) is 0 Å². The quantitative estimate of drug-likeness (QED) is 0.252. The number of hydrogen-bond acceptors (Lipinski definition) is 4. The van der Waals surface area contributed by atoms with Gasteiger partial charge in [0.15, 0.2) is 5.90 Å². The molecule has 0 aromatic heterocycles. The lowest BCUT2D eigenvalue weighted by Gasteiger charge is -2.04. The van der Waals surface area contributed by atoms with Gasteiger partial charge in [0.25, 0.3) is 0 Å². The van der Waals surface area contributed by atoms with Gasteiger partial charge in [-0.3, -0.25) is 10.7 Å². The van der Waals surface area contributed by atoms with Crippen molar-refractivity contribution in [3.8, 4) is 0 Å². The van der Waals surface area contributed by atoms with E-state index in [9.17, 15) is 0 Å². The smallest absolute Gasteiger partial charge is 0.194 e.